The number of rotatable bonds is 1. The highest BCUT2D eigenvalue weighted by molar-refractivity contribution is 7.09. The molecule has 0 saturated carbocycles. The Balaban J connectivity index is 2.66. The summed E-state index contributed by atoms with van der Waals surface area (Å²) in [5.41, 5.74) is 5.18. The highest BCUT2D eigenvalue weighted by Gasteiger charge is 2.17. The first kappa shape index (κ1) is 10.3. The van der Waals surface area contributed by atoms with Gasteiger partial charge < -0.3 is 5.73 Å². The second-order valence-corrected chi connectivity index (χ2v) is 3.87. The Morgan fingerprint density at radius 1 is 1.33 bits per heavy atom. The molecule has 3 nitrogen and oxygen atoms in total. The molecule has 1 heterocycles. The Labute approximate surface area is 92.7 Å². The van der Waals surface area contributed by atoms with Gasteiger partial charge in [0.15, 0.2) is 22.6 Å². The molecule has 2 aromatic rings. The average molecular weight is 248 g/mol. The van der Waals surface area contributed by atoms with E-state index in [4.69, 9.17) is 17.3 Å². The first-order chi connectivity index (χ1) is 7.09. The van der Waals surface area contributed by atoms with Crippen LogP contribution in [0, 0.1) is 11.6 Å². The van der Waals surface area contributed by atoms with E-state index in [1.807, 2.05) is 0 Å². The maximum Gasteiger partial charge on any atom is 0.200 e. The van der Waals surface area contributed by atoms with Crippen LogP contribution in [0.5, 0.6) is 0 Å². The Hall–Kier alpha value is -1.27. The van der Waals surface area contributed by atoms with E-state index in [1.165, 1.54) is 6.07 Å². The van der Waals surface area contributed by atoms with Crippen molar-refractivity contribution in [2.45, 2.75) is 0 Å². The molecule has 15 heavy (non-hydrogen) atoms. The van der Waals surface area contributed by atoms with Gasteiger partial charge in [-0.15, -0.1) is 0 Å². The summed E-state index contributed by atoms with van der Waals surface area (Å²) in [6.07, 6.45) is 0. The highest BCUT2D eigenvalue weighted by atomic mass is 35.5. The van der Waals surface area contributed by atoms with Gasteiger partial charge in [0, 0.05) is 11.5 Å². The van der Waals surface area contributed by atoms with Crippen molar-refractivity contribution in [1.29, 1.82) is 0 Å². The minimum Gasteiger partial charge on any atom is -0.374 e. The summed E-state index contributed by atoms with van der Waals surface area (Å²) >= 11 is 6.61. The maximum absolute atomic E-state index is 13.4. The number of hydrogen-bond acceptors (Lipinski definition) is 4. The molecular formula is C8H4ClF2N3S. The standard InChI is InChI=1S/C8H4ClF2N3S/c9-3-1-2-4(10)6(11)5(3)7-13-8(12)15-14-7/h1-2H,(H2,12,13,14). The number of anilines is 1. The molecule has 0 bridgehead atoms. The number of halogens is 3. The van der Waals surface area contributed by atoms with Crippen molar-refractivity contribution < 1.29 is 8.78 Å². The quantitative estimate of drug-likeness (QED) is 0.789. The summed E-state index contributed by atoms with van der Waals surface area (Å²) in [6, 6.07) is 2.18. The van der Waals surface area contributed by atoms with E-state index in [0.29, 0.717) is 0 Å². The molecule has 0 amide bonds. The largest absolute Gasteiger partial charge is 0.374 e. The third-order valence-corrected chi connectivity index (χ3v) is 2.57. The van der Waals surface area contributed by atoms with Gasteiger partial charge in [-0.3, -0.25) is 0 Å². The molecule has 7 heteroatoms. The second-order valence-electron chi connectivity index (χ2n) is 2.67. The molecule has 0 unspecified atom stereocenters. The Kier molecular flexibility index (Phi) is 2.54. The lowest BCUT2D eigenvalue weighted by atomic mass is 10.2. The van der Waals surface area contributed by atoms with E-state index in [-0.39, 0.29) is 21.5 Å². The fourth-order valence-electron chi connectivity index (χ4n) is 1.07. The van der Waals surface area contributed by atoms with Crippen molar-refractivity contribution in [3.63, 3.8) is 0 Å². The van der Waals surface area contributed by atoms with Crippen molar-refractivity contribution in [2.75, 3.05) is 5.73 Å². The normalized spacial score (nSPS) is 10.6. The van der Waals surface area contributed by atoms with Crippen molar-refractivity contribution >= 4 is 28.3 Å². The number of aromatic nitrogens is 2. The van der Waals surface area contributed by atoms with E-state index in [9.17, 15) is 8.78 Å². The van der Waals surface area contributed by atoms with Gasteiger partial charge in [0.2, 0.25) is 0 Å². The molecular weight excluding hydrogens is 244 g/mol. The SMILES string of the molecule is Nc1nc(-c2c(Cl)ccc(F)c2F)ns1. The molecule has 0 aliphatic heterocycles. The highest BCUT2D eigenvalue weighted by Crippen LogP contribution is 2.31. The van der Waals surface area contributed by atoms with E-state index in [0.717, 1.165) is 17.6 Å². The van der Waals surface area contributed by atoms with Crippen LogP contribution in [0.2, 0.25) is 5.02 Å². The predicted molar refractivity (Wildman–Crippen MR) is 54.7 cm³/mol. The monoisotopic (exact) mass is 247 g/mol. The zero-order valence-corrected chi connectivity index (χ0v) is 8.74. The summed E-state index contributed by atoms with van der Waals surface area (Å²) < 4.78 is 30.1. The summed E-state index contributed by atoms with van der Waals surface area (Å²) in [5.74, 6) is -2.07. The summed E-state index contributed by atoms with van der Waals surface area (Å²) in [6.45, 7) is 0. The summed E-state index contributed by atoms with van der Waals surface area (Å²) in [7, 11) is 0. The zero-order chi connectivity index (χ0) is 11.0. The second kappa shape index (κ2) is 3.71. The Morgan fingerprint density at radius 2 is 2.07 bits per heavy atom. The van der Waals surface area contributed by atoms with E-state index in [2.05, 4.69) is 9.36 Å². The average Bonchev–Trinajstić information content (AvgIpc) is 2.59. The molecule has 0 aliphatic carbocycles. The van der Waals surface area contributed by atoms with Gasteiger partial charge in [-0.05, 0) is 12.1 Å². The zero-order valence-electron chi connectivity index (χ0n) is 7.17. The molecule has 0 aliphatic rings. The van der Waals surface area contributed by atoms with E-state index >= 15 is 0 Å². The lowest BCUT2D eigenvalue weighted by molar-refractivity contribution is 0.511. The fourth-order valence-corrected chi connectivity index (χ4v) is 1.74. The maximum atomic E-state index is 13.4. The molecule has 0 saturated heterocycles. The van der Waals surface area contributed by atoms with Crippen molar-refractivity contribution in [1.82, 2.24) is 9.36 Å². The molecule has 0 fully saturated rings. The third-order valence-electron chi connectivity index (χ3n) is 1.71. The van der Waals surface area contributed by atoms with Crippen LogP contribution in [-0.4, -0.2) is 9.36 Å². The number of nitrogens with two attached hydrogens (primary N) is 1. The molecule has 0 spiro atoms. The van der Waals surface area contributed by atoms with Gasteiger partial charge in [0.25, 0.3) is 0 Å². The van der Waals surface area contributed by atoms with Crippen LogP contribution in [0.3, 0.4) is 0 Å². The van der Waals surface area contributed by atoms with Gasteiger partial charge in [-0.2, -0.15) is 9.36 Å². The van der Waals surface area contributed by atoms with Crippen molar-refractivity contribution in [3.05, 3.63) is 28.8 Å². The van der Waals surface area contributed by atoms with Crippen molar-refractivity contribution in [3.8, 4) is 11.4 Å². The van der Waals surface area contributed by atoms with Gasteiger partial charge in [-0.1, -0.05) is 11.6 Å². The number of benzene rings is 1. The molecule has 78 valence electrons. The minimum atomic E-state index is -1.07. The molecule has 0 atom stereocenters. The molecule has 0 radical (unpaired) electrons. The Bertz CT molecular complexity index is 515. The lowest BCUT2D eigenvalue weighted by Crippen LogP contribution is -1.93. The van der Waals surface area contributed by atoms with Gasteiger partial charge in [-0.25, -0.2) is 8.78 Å². The molecule has 2 N–H and O–H groups in total. The lowest BCUT2D eigenvalue weighted by Gasteiger charge is -2.01. The smallest absolute Gasteiger partial charge is 0.200 e. The van der Waals surface area contributed by atoms with Gasteiger partial charge >= 0.3 is 0 Å². The van der Waals surface area contributed by atoms with Crippen LogP contribution in [0.15, 0.2) is 12.1 Å². The third kappa shape index (κ3) is 1.78. The minimum absolute atomic E-state index is 0.000463. The van der Waals surface area contributed by atoms with Crippen LogP contribution in [0.1, 0.15) is 0 Å². The van der Waals surface area contributed by atoms with E-state index in [1.54, 1.807) is 0 Å². The number of nitrogens with zero attached hydrogens (tertiary/aromatic N) is 2. The molecule has 1 aromatic heterocycles. The summed E-state index contributed by atoms with van der Waals surface area (Å²) in [4.78, 5) is 3.74. The van der Waals surface area contributed by atoms with Gasteiger partial charge in [0.05, 0.1) is 10.6 Å². The van der Waals surface area contributed by atoms with Crippen LogP contribution >= 0.6 is 23.1 Å². The predicted octanol–water partition coefficient (Wildman–Crippen LogP) is 2.72. The first-order valence-corrected chi connectivity index (χ1v) is 4.98. The van der Waals surface area contributed by atoms with E-state index < -0.39 is 11.6 Å². The van der Waals surface area contributed by atoms with Crippen LogP contribution in [0.25, 0.3) is 11.4 Å². The topological polar surface area (TPSA) is 51.8 Å². The Morgan fingerprint density at radius 3 is 2.67 bits per heavy atom. The van der Waals surface area contributed by atoms with Crippen molar-refractivity contribution in [2.24, 2.45) is 0 Å². The first-order valence-electron chi connectivity index (χ1n) is 3.82. The number of hydrogen-bond donors (Lipinski definition) is 1. The van der Waals surface area contributed by atoms with Gasteiger partial charge in [0.1, 0.15) is 0 Å². The fraction of sp³-hybridized carbons (Fsp3) is 0. The number of nitrogen functional groups attached to an aromatic ring is 1. The van der Waals surface area contributed by atoms with Crippen LogP contribution < -0.4 is 5.73 Å². The van der Waals surface area contributed by atoms with Crippen LogP contribution in [-0.2, 0) is 0 Å². The molecule has 1 aromatic carbocycles. The molecule has 2 rings (SSSR count). The summed E-state index contributed by atoms with van der Waals surface area (Å²) in [5, 5.41) is 0.219. The van der Waals surface area contributed by atoms with Crippen LogP contribution in [0.4, 0.5) is 13.9 Å².